The maximum absolute atomic E-state index is 2.40. The zero-order valence-corrected chi connectivity index (χ0v) is 29.2. The maximum atomic E-state index is 2.40. The lowest BCUT2D eigenvalue weighted by atomic mass is 9.93. The van der Waals surface area contributed by atoms with Gasteiger partial charge in [0.05, 0.1) is 5.69 Å². The van der Waals surface area contributed by atoms with Gasteiger partial charge in [-0.05, 0) is 120 Å². The van der Waals surface area contributed by atoms with Gasteiger partial charge in [-0.15, -0.1) is 0 Å². The van der Waals surface area contributed by atoms with Crippen LogP contribution in [0.1, 0.15) is 0 Å². The zero-order valence-electron chi connectivity index (χ0n) is 29.2. The van der Waals surface area contributed by atoms with Gasteiger partial charge < -0.3 is 4.90 Å². The Hall–Kier alpha value is -6.96. The lowest BCUT2D eigenvalue weighted by molar-refractivity contribution is 1.30. The van der Waals surface area contributed by atoms with Crippen LogP contribution in [0.15, 0.2) is 212 Å². The highest BCUT2D eigenvalue weighted by atomic mass is 15.1. The molecule has 10 rings (SSSR count). The van der Waals surface area contributed by atoms with Crippen molar-refractivity contribution in [2.24, 2.45) is 0 Å². The van der Waals surface area contributed by atoms with Crippen LogP contribution < -0.4 is 4.90 Å². The van der Waals surface area contributed by atoms with Crippen molar-refractivity contribution in [1.82, 2.24) is 0 Å². The number of fused-ring (bicyclic) bond motifs is 6. The second kappa shape index (κ2) is 13.0. The molecular weight excluding hydrogens is 639 g/mol. The Kier molecular flexibility index (Phi) is 7.55. The summed E-state index contributed by atoms with van der Waals surface area (Å²) >= 11 is 0. The van der Waals surface area contributed by atoms with Crippen LogP contribution in [0.25, 0.3) is 76.5 Å². The second-order valence-electron chi connectivity index (χ2n) is 13.8. The molecule has 10 aromatic carbocycles. The van der Waals surface area contributed by atoms with Gasteiger partial charge >= 0.3 is 0 Å². The van der Waals surface area contributed by atoms with Crippen molar-refractivity contribution in [2.75, 3.05) is 4.90 Å². The van der Waals surface area contributed by atoms with E-state index in [1.54, 1.807) is 0 Å². The summed E-state index contributed by atoms with van der Waals surface area (Å²) in [5.41, 5.74) is 10.6. The molecule has 53 heavy (non-hydrogen) atoms. The SMILES string of the molecule is c1ccc(-c2cccc(-c3ccc(N(c4ccccc4)c4cc(-c5ccc6ccc7c8ccccc8ccc7c6c5)cc5ccccc45)cc3)c2)cc1. The van der Waals surface area contributed by atoms with E-state index in [0.717, 1.165) is 17.1 Å². The van der Waals surface area contributed by atoms with Gasteiger partial charge in [0.2, 0.25) is 0 Å². The van der Waals surface area contributed by atoms with E-state index in [0.29, 0.717) is 0 Å². The van der Waals surface area contributed by atoms with E-state index in [1.807, 2.05) is 0 Å². The normalized spacial score (nSPS) is 11.4. The first-order valence-electron chi connectivity index (χ1n) is 18.3. The van der Waals surface area contributed by atoms with Crippen molar-refractivity contribution in [3.63, 3.8) is 0 Å². The minimum atomic E-state index is 1.11. The van der Waals surface area contributed by atoms with Crippen molar-refractivity contribution in [3.8, 4) is 33.4 Å². The molecule has 0 saturated carbocycles. The van der Waals surface area contributed by atoms with Crippen LogP contribution in [-0.4, -0.2) is 0 Å². The van der Waals surface area contributed by atoms with Gasteiger partial charge in [0.1, 0.15) is 0 Å². The highest BCUT2D eigenvalue weighted by Crippen LogP contribution is 2.43. The smallest absolute Gasteiger partial charge is 0.0546 e. The van der Waals surface area contributed by atoms with Gasteiger partial charge in [0.25, 0.3) is 0 Å². The monoisotopic (exact) mass is 673 g/mol. The number of para-hydroxylation sites is 1. The predicted octanol–water partition coefficient (Wildman–Crippen LogP) is 14.8. The lowest BCUT2D eigenvalue weighted by Crippen LogP contribution is -2.10. The molecule has 1 nitrogen and oxygen atoms in total. The molecule has 0 N–H and O–H groups in total. The third-order valence-corrected chi connectivity index (χ3v) is 10.6. The predicted molar refractivity (Wildman–Crippen MR) is 227 cm³/mol. The third-order valence-electron chi connectivity index (χ3n) is 10.6. The van der Waals surface area contributed by atoms with Crippen LogP contribution in [0, 0.1) is 0 Å². The number of hydrogen-bond donors (Lipinski definition) is 0. The molecule has 0 amide bonds. The standard InChI is InChI=1S/C52H35N/c1-3-12-36(13-4-1)40-16-11-17-41(32-40)37-24-28-46(29-25-37)53(45-18-5-2-6-19-45)52-35-44(33-43-15-8-10-21-48(43)52)42-23-22-39-27-30-49-47-20-9-7-14-38(47)26-31-50(49)51(39)34-42/h1-35H. The molecule has 248 valence electrons. The molecular formula is C52H35N. The average molecular weight is 674 g/mol. The molecule has 0 aliphatic heterocycles. The number of rotatable bonds is 6. The van der Waals surface area contributed by atoms with Gasteiger partial charge in [0.15, 0.2) is 0 Å². The van der Waals surface area contributed by atoms with E-state index in [1.165, 1.54) is 76.5 Å². The number of benzene rings is 10. The largest absolute Gasteiger partial charge is 0.310 e. The lowest BCUT2D eigenvalue weighted by Gasteiger charge is -2.28. The molecule has 0 saturated heterocycles. The van der Waals surface area contributed by atoms with E-state index in [4.69, 9.17) is 0 Å². The van der Waals surface area contributed by atoms with E-state index in [-0.39, 0.29) is 0 Å². The second-order valence-corrected chi connectivity index (χ2v) is 13.8. The summed E-state index contributed by atoms with van der Waals surface area (Å²) in [4.78, 5) is 2.40. The van der Waals surface area contributed by atoms with Gasteiger partial charge in [-0.3, -0.25) is 0 Å². The van der Waals surface area contributed by atoms with Crippen LogP contribution in [-0.2, 0) is 0 Å². The average Bonchev–Trinajstić information content (AvgIpc) is 3.24. The van der Waals surface area contributed by atoms with Crippen molar-refractivity contribution < 1.29 is 0 Å². The summed E-state index contributed by atoms with van der Waals surface area (Å²) in [6.45, 7) is 0. The zero-order chi connectivity index (χ0) is 35.1. The molecule has 0 atom stereocenters. The molecule has 0 heterocycles. The van der Waals surface area contributed by atoms with Crippen LogP contribution in [0.3, 0.4) is 0 Å². The first-order valence-corrected chi connectivity index (χ1v) is 18.3. The Morgan fingerprint density at radius 1 is 0.226 bits per heavy atom. The number of nitrogens with zero attached hydrogens (tertiary/aromatic N) is 1. The summed E-state index contributed by atoms with van der Waals surface area (Å²) in [5, 5.41) is 10.1. The molecule has 10 aromatic rings. The van der Waals surface area contributed by atoms with Crippen molar-refractivity contribution in [2.45, 2.75) is 0 Å². The fourth-order valence-electron chi connectivity index (χ4n) is 7.96. The molecule has 1 heteroatoms. The quantitative estimate of drug-likeness (QED) is 0.159. The Morgan fingerprint density at radius 2 is 0.736 bits per heavy atom. The summed E-state index contributed by atoms with van der Waals surface area (Å²) in [5.74, 6) is 0. The molecule has 0 aromatic heterocycles. The van der Waals surface area contributed by atoms with Gasteiger partial charge in [-0.2, -0.15) is 0 Å². The summed E-state index contributed by atoms with van der Waals surface area (Å²) < 4.78 is 0. The molecule has 0 spiro atoms. The molecule has 0 unspecified atom stereocenters. The van der Waals surface area contributed by atoms with Crippen molar-refractivity contribution >= 4 is 60.2 Å². The van der Waals surface area contributed by atoms with Gasteiger partial charge in [-0.1, -0.05) is 164 Å². The minimum absolute atomic E-state index is 1.11. The minimum Gasteiger partial charge on any atom is -0.310 e. The fraction of sp³-hybridized carbons (Fsp3) is 0. The molecule has 0 bridgehead atoms. The van der Waals surface area contributed by atoms with Crippen LogP contribution in [0.4, 0.5) is 17.1 Å². The Labute approximate surface area is 309 Å². The molecule has 0 aliphatic carbocycles. The van der Waals surface area contributed by atoms with E-state index in [9.17, 15) is 0 Å². The Bertz CT molecular complexity index is 2930. The topological polar surface area (TPSA) is 3.24 Å². The number of hydrogen-bond acceptors (Lipinski definition) is 1. The van der Waals surface area contributed by atoms with Crippen LogP contribution >= 0.6 is 0 Å². The summed E-state index contributed by atoms with van der Waals surface area (Å²) in [6, 6.07) is 77.3. The Morgan fingerprint density at radius 3 is 1.49 bits per heavy atom. The van der Waals surface area contributed by atoms with E-state index < -0.39 is 0 Å². The van der Waals surface area contributed by atoms with Crippen molar-refractivity contribution in [1.29, 1.82) is 0 Å². The summed E-state index contributed by atoms with van der Waals surface area (Å²) in [6.07, 6.45) is 0. The molecule has 0 aliphatic rings. The first-order chi connectivity index (χ1) is 26.3. The maximum Gasteiger partial charge on any atom is 0.0546 e. The highest BCUT2D eigenvalue weighted by molar-refractivity contribution is 6.18. The highest BCUT2D eigenvalue weighted by Gasteiger charge is 2.18. The summed E-state index contributed by atoms with van der Waals surface area (Å²) in [7, 11) is 0. The van der Waals surface area contributed by atoms with Crippen molar-refractivity contribution in [3.05, 3.63) is 212 Å². The molecule has 0 fully saturated rings. The Balaban J connectivity index is 1.11. The van der Waals surface area contributed by atoms with Gasteiger partial charge in [-0.25, -0.2) is 0 Å². The van der Waals surface area contributed by atoms with E-state index >= 15 is 0 Å². The molecule has 0 radical (unpaired) electrons. The van der Waals surface area contributed by atoms with Gasteiger partial charge in [0, 0.05) is 16.8 Å². The fourth-order valence-corrected chi connectivity index (χ4v) is 7.96. The first kappa shape index (κ1) is 30.8. The number of anilines is 3. The third kappa shape index (κ3) is 5.60. The van der Waals surface area contributed by atoms with E-state index in [2.05, 4.69) is 217 Å². The van der Waals surface area contributed by atoms with Crippen LogP contribution in [0.5, 0.6) is 0 Å². The van der Waals surface area contributed by atoms with Crippen LogP contribution in [0.2, 0.25) is 0 Å².